The van der Waals surface area contributed by atoms with Crippen LogP contribution in [0.5, 0.6) is 0 Å². The second-order valence-electron chi connectivity index (χ2n) is 2.98. The molecular formula is C10H9FN4. The van der Waals surface area contributed by atoms with Crippen molar-refractivity contribution < 1.29 is 4.39 Å². The van der Waals surface area contributed by atoms with E-state index in [0.29, 0.717) is 11.4 Å². The van der Waals surface area contributed by atoms with Crippen molar-refractivity contribution in [2.75, 3.05) is 0 Å². The van der Waals surface area contributed by atoms with E-state index < -0.39 is 11.9 Å². The first kappa shape index (κ1) is 9.67. The number of pyridine rings is 1. The van der Waals surface area contributed by atoms with Crippen molar-refractivity contribution in [3.63, 3.8) is 0 Å². The van der Waals surface area contributed by atoms with Gasteiger partial charge in [0, 0.05) is 24.2 Å². The van der Waals surface area contributed by atoms with E-state index in [1.54, 1.807) is 18.5 Å². The smallest absolute Gasteiger partial charge is 0.149 e. The van der Waals surface area contributed by atoms with E-state index in [1.807, 2.05) is 0 Å². The van der Waals surface area contributed by atoms with E-state index in [4.69, 9.17) is 5.73 Å². The first-order valence-electron chi connectivity index (χ1n) is 4.41. The minimum Gasteiger partial charge on any atom is -0.318 e. The summed E-state index contributed by atoms with van der Waals surface area (Å²) in [7, 11) is 0. The number of rotatable bonds is 2. The first-order valence-corrected chi connectivity index (χ1v) is 4.41. The average molecular weight is 204 g/mol. The van der Waals surface area contributed by atoms with Gasteiger partial charge in [-0.05, 0) is 12.1 Å². The minimum atomic E-state index is -0.658. The van der Waals surface area contributed by atoms with Crippen LogP contribution in [0.2, 0.25) is 0 Å². The van der Waals surface area contributed by atoms with Crippen LogP contribution >= 0.6 is 0 Å². The van der Waals surface area contributed by atoms with Crippen LogP contribution in [0, 0.1) is 5.82 Å². The lowest BCUT2D eigenvalue weighted by Crippen LogP contribution is -2.16. The predicted molar refractivity (Wildman–Crippen MR) is 52.3 cm³/mol. The normalized spacial score (nSPS) is 12.4. The molecule has 0 aliphatic rings. The van der Waals surface area contributed by atoms with Crippen LogP contribution in [-0.4, -0.2) is 15.0 Å². The van der Waals surface area contributed by atoms with Crippen LogP contribution in [0.15, 0.2) is 36.9 Å². The van der Waals surface area contributed by atoms with Crippen molar-refractivity contribution in [2.24, 2.45) is 5.73 Å². The molecule has 0 saturated carbocycles. The third-order valence-corrected chi connectivity index (χ3v) is 2.00. The summed E-state index contributed by atoms with van der Waals surface area (Å²) in [6.45, 7) is 0. The van der Waals surface area contributed by atoms with Gasteiger partial charge < -0.3 is 5.73 Å². The summed E-state index contributed by atoms with van der Waals surface area (Å²) in [6.07, 6.45) is 5.75. The summed E-state index contributed by atoms with van der Waals surface area (Å²) in [5.41, 5.74) is 6.17. The topological polar surface area (TPSA) is 64.7 Å². The number of hydrogen-bond acceptors (Lipinski definition) is 4. The standard InChI is InChI=1S/C10H9FN4/c11-8-6-13-5-2-7(8)9(12)10-14-3-1-4-15-10/h1-6,9H,12H2. The Balaban J connectivity index is 2.37. The summed E-state index contributed by atoms with van der Waals surface area (Å²) >= 11 is 0. The molecule has 0 aliphatic heterocycles. The molecule has 4 nitrogen and oxygen atoms in total. The Bertz CT molecular complexity index is 446. The molecule has 2 N–H and O–H groups in total. The number of halogens is 1. The van der Waals surface area contributed by atoms with Gasteiger partial charge in [0.25, 0.3) is 0 Å². The highest BCUT2D eigenvalue weighted by Crippen LogP contribution is 2.17. The minimum absolute atomic E-state index is 0.344. The van der Waals surface area contributed by atoms with Crippen molar-refractivity contribution in [2.45, 2.75) is 6.04 Å². The Morgan fingerprint density at radius 3 is 2.60 bits per heavy atom. The van der Waals surface area contributed by atoms with Crippen molar-refractivity contribution in [1.29, 1.82) is 0 Å². The van der Waals surface area contributed by atoms with Gasteiger partial charge in [-0.3, -0.25) is 4.98 Å². The Morgan fingerprint density at radius 1 is 1.20 bits per heavy atom. The summed E-state index contributed by atoms with van der Waals surface area (Å²) in [4.78, 5) is 11.6. The van der Waals surface area contributed by atoms with Crippen LogP contribution in [0.25, 0.3) is 0 Å². The Morgan fingerprint density at radius 2 is 1.93 bits per heavy atom. The third-order valence-electron chi connectivity index (χ3n) is 2.00. The molecule has 0 aliphatic carbocycles. The van der Waals surface area contributed by atoms with E-state index >= 15 is 0 Å². The molecular weight excluding hydrogens is 195 g/mol. The molecule has 0 radical (unpaired) electrons. The van der Waals surface area contributed by atoms with Crippen LogP contribution in [-0.2, 0) is 0 Å². The van der Waals surface area contributed by atoms with Gasteiger partial charge >= 0.3 is 0 Å². The lowest BCUT2D eigenvalue weighted by Gasteiger charge is -2.10. The predicted octanol–water partition coefficient (Wildman–Crippen LogP) is 1.06. The maximum atomic E-state index is 13.3. The third kappa shape index (κ3) is 1.97. The number of aromatic nitrogens is 3. The quantitative estimate of drug-likeness (QED) is 0.794. The van der Waals surface area contributed by atoms with E-state index in [1.165, 1.54) is 12.3 Å². The van der Waals surface area contributed by atoms with Gasteiger partial charge in [0.05, 0.1) is 12.2 Å². The molecule has 2 heterocycles. The molecule has 15 heavy (non-hydrogen) atoms. The molecule has 0 spiro atoms. The fourth-order valence-electron chi connectivity index (χ4n) is 1.25. The fourth-order valence-corrected chi connectivity index (χ4v) is 1.25. The van der Waals surface area contributed by atoms with Crippen LogP contribution < -0.4 is 5.73 Å². The van der Waals surface area contributed by atoms with Gasteiger partial charge in [0.2, 0.25) is 0 Å². The number of nitrogens with zero attached hydrogens (tertiary/aromatic N) is 3. The van der Waals surface area contributed by atoms with Crippen molar-refractivity contribution in [1.82, 2.24) is 15.0 Å². The molecule has 2 aromatic rings. The average Bonchev–Trinajstić information content (AvgIpc) is 2.30. The maximum absolute atomic E-state index is 13.3. The molecule has 0 fully saturated rings. The molecule has 2 aromatic heterocycles. The van der Waals surface area contributed by atoms with Crippen molar-refractivity contribution in [3.05, 3.63) is 54.1 Å². The van der Waals surface area contributed by atoms with Crippen molar-refractivity contribution in [3.8, 4) is 0 Å². The number of nitrogens with two attached hydrogens (primary N) is 1. The molecule has 1 unspecified atom stereocenters. The SMILES string of the molecule is NC(c1ncccn1)c1ccncc1F. The van der Waals surface area contributed by atoms with Gasteiger partial charge in [-0.2, -0.15) is 0 Å². The number of hydrogen-bond donors (Lipinski definition) is 1. The molecule has 0 bridgehead atoms. The van der Waals surface area contributed by atoms with Crippen molar-refractivity contribution >= 4 is 0 Å². The zero-order valence-corrected chi connectivity index (χ0v) is 7.84. The second-order valence-corrected chi connectivity index (χ2v) is 2.98. The summed E-state index contributed by atoms with van der Waals surface area (Å²) in [6, 6.07) is 2.55. The van der Waals surface area contributed by atoms with E-state index in [2.05, 4.69) is 15.0 Å². The largest absolute Gasteiger partial charge is 0.318 e. The monoisotopic (exact) mass is 204 g/mol. The molecule has 2 rings (SSSR count). The highest BCUT2D eigenvalue weighted by atomic mass is 19.1. The van der Waals surface area contributed by atoms with E-state index in [0.717, 1.165) is 6.20 Å². The molecule has 76 valence electrons. The molecule has 0 aromatic carbocycles. The molecule has 0 amide bonds. The van der Waals surface area contributed by atoms with Gasteiger partial charge in [0.1, 0.15) is 11.6 Å². The lowest BCUT2D eigenvalue weighted by molar-refractivity contribution is 0.587. The van der Waals surface area contributed by atoms with E-state index in [-0.39, 0.29) is 0 Å². The first-order chi connectivity index (χ1) is 7.29. The Hall–Kier alpha value is -1.88. The van der Waals surface area contributed by atoms with Gasteiger partial charge in [-0.1, -0.05) is 0 Å². The van der Waals surface area contributed by atoms with Gasteiger partial charge in [-0.15, -0.1) is 0 Å². The summed E-state index contributed by atoms with van der Waals surface area (Å²) in [5.74, 6) is -0.0555. The molecule has 5 heteroatoms. The Labute approximate surface area is 86.0 Å². The highest BCUT2D eigenvalue weighted by Gasteiger charge is 2.15. The second kappa shape index (κ2) is 4.10. The van der Waals surface area contributed by atoms with E-state index in [9.17, 15) is 4.39 Å². The lowest BCUT2D eigenvalue weighted by atomic mass is 10.1. The zero-order chi connectivity index (χ0) is 10.7. The Kier molecular flexibility index (Phi) is 2.64. The molecule has 1 atom stereocenters. The molecule has 0 saturated heterocycles. The zero-order valence-electron chi connectivity index (χ0n) is 7.84. The van der Waals surface area contributed by atoms with Crippen LogP contribution in [0.3, 0.4) is 0 Å². The maximum Gasteiger partial charge on any atom is 0.149 e. The van der Waals surface area contributed by atoms with Gasteiger partial charge in [0.15, 0.2) is 0 Å². The van der Waals surface area contributed by atoms with Crippen LogP contribution in [0.1, 0.15) is 17.4 Å². The van der Waals surface area contributed by atoms with Gasteiger partial charge in [-0.25, -0.2) is 14.4 Å². The summed E-state index contributed by atoms with van der Waals surface area (Å²) < 4.78 is 13.3. The van der Waals surface area contributed by atoms with Crippen LogP contribution in [0.4, 0.5) is 4.39 Å². The summed E-state index contributed by atoms with van der Waals surface area (Å²) in [5, 5.41) is 0. The highest BCUT2D eigenvalue weighted by molar-refractivity contribution is 5.22. The fraction of sp³-hybridized carbons (Fsp3) is 0.100.